The van der Waals surface area contributed by atoms with Crippen LogP contribution in [0.2, 0.25) is 0 Å². The molecule has 2 aliphatic heterocycles. The summed E-state index contributed by atoms with van der Waals surface area (Å²) in [4.78, 5) is 21.4. The third-order valence-corrected chi connectivity index (χ3v) is 5.57. The summed E-state index contributed by atoms with van der Waals surface area (Å²) >= 11 is 0. The van der Waals surface area contributed by atoms with Crippen molar-refractivity contribution in [1.29, 1.82) is 0 Å². The van der Waals surface area contributed by atoms with Crippen LogP contribution < -0.4 is 0 Å². The summed E-state index contributed by atoms with van der Waals surface area (Å²) in [6.07, 6.45) is 4.16. The van der Waals surface area contributed by atoms with E-state index in [0.717, 1.165) is 63.0 Å². The summed E-state index contributed by atoms with van der Waals surface area (Å²) in [6.45, 7) is 6.42. The molecular formula is C20H26N4O2. The minimum Gasteiger partial charge on any atom is -0.342 e. The van der Waals surface area contributed by atoms with Crippen LogP contribution in [-0.4, -0.2) is 52.0 Å². The molecular weight excluding hydrogens is 328 g/mol. The average molecular weight is 354 g/mol. The maximum atomic E-state index is 12.5. The normalized spacial score (nSPS) is 19.2. The monoisotopic (exact) mass is 354 g/mol. The van der Waals surface area contributed by atoms with Gasteiger partial charge in [0.25, 0.3) is 0 Å². The lowest BCUT2D eigenvalue weighted by Crippen LogP contribution is -2.41. The summed E-state index contributed by atoms with van der Waals surface area (Å²) in [5.74, 6) is 1.85. The predicted octanol–water partition coefficient (Wildman–Crippen LogP) is 2.88. The van der Waals surface area contributed by atoms with Gasteiger partial charge >= 0.3 is 0 Å². The number of piperidine rings is 1. The number of carbonyl (C=O) groups is 1. The third-order valence-electron chi connectivity index (χ3n) is 5.57. The van der Waals surface area contributed by atoms with Gasteiger partial charge in [0.2, 0.25) is 17.6 Å². The van der Waals surface area contributed by atoms with Gasteiger partial charge in [0.15, 0.2) is 0 Å². The number of nitrogens with zero attached hydrogens (tertiary/aromatic N) is 4. The number of hydrogen-bond acceptors (Lipinski definition) is 5. The molecule has 0 N–H and O–H groups in total. The Hall–Kier alpha value is -2.21. The SMILES string of the molecule is Cc1ccccc1-c1noc(CN2CCC(C(=O)N3CCCC3)CC2)n1. The van der Waals surface area contributed by atoms with Gasteiger partial charge in [-0.2, -0.15) is 4.98 Å². The summed E-state index contributed by atoms with van der Waals surface area (Å²) < 4.78 is 5.45. The zero-order chi connectivity index (χ0) is 17.9. The molecule has 0 unspecified atom stereocenters. The van der Waals surface area contributed by atoms with Crippen LogP contribution in [0, 0.1) is 12.8 Å². The molecule has 0 saturated carbocycles. The first-order valence-electron chi connectivity index (χ1n) is 9.60. The van der Waals surface area contributed by atoms with Crippen molar-refractivity contribution in [2.75, 3.05) is 26.2 Å². The Morgan fingerprint density at radius 2 is 1.88 bits per heavy atom. The number of benzene rings is 1. The molecule has 0 radical (unpaired) electrons. The Morgan fingerprint density at radius 1 is 1.15 bits per heavy atom. The highest BCUT2D eigenvalue weighted by Gasteiger charge is 2.30. The summed E-state index contributed by atoms with van der Waals surface area (Å²) in [7, 11) is 0. The Morgan fingerprint density at radius 3 is 2.62 bits per heavy atom. The van der Waals surface area contributed by atoms with Crippen molar-refractivity contribution in [2.24, 2.45) is 5.92 Å². The largest absolute Gasteiger partial charge is 0.342 e. The van der Waals surface area contributed by atoms with Crippen LogP contribution in [-0.2, 0) is 11.3 Å². The van der Waals surface area contributed by atoms with E-state index in [1.54, 1.807) is 0 Å². The molecule has 1 amide bonds. The first-order valence-corrected chi connectivity index (χ1v) is 9.60. The van der Waals surface area contributed by atoms with Crippen LogP contribution in [0.15, 0.2) is 28.8 Å². The van der Waals surface area contributed by atoms with Crippen LogP contribution in [0.5, 0.6) is 0 Å². The zero-order valence-corrected chi connectivity index (χ0v) is 15.4. The van der Waals surface area contributed by atoms with Crippen molar-refractivity contribution in [2.45, 2.75) is 39.2 Å². The number of likely N-dealkylation sites (tertiary alicyclic amines) is 2. The van der Waals surface area contributed by atoms with Crippen molar-refractivity contribution in [3.63, 3.8) is 0 Å². The molecule has 0 spiro atoms. The smallest absolute Gasteiger partial charge is 0.241 e. The molecule has 3 heterocycles. The fourth-order valence-corrected chi connectivity index (χ4v) is 3.98. The van der Waals surface area contributed by atoms with Crippen molar-refractivity contribution >= 4 is 5.91 Å². The maximum Gasteiger partial charge on any atom is 0.241 e. The van der Waals surface area contributed by atoms with E-state index in [4.69, 9.17) is 4.52 Å². The average Bonchev–Trinajstić information content (AvgIpc) is 3.34. The van der Waals surface area contributed by atoms with Gasteiger partial charge in [0, 0.05) is 24.6 Å². The van der Waals surface area contributed by atoms with Gasteiger partial charge < -0.3 is 9.42 Å². The molecule has 0 atom stereocenters. The molecule has 0 bridgehead atoms. The lowest BCUT2D eigenvalue weighted by Gasteiger charge is -2.32. The second kappa shape index (κ2) is 7.58. The van der Waals surface area contributed by atoms with Gasteiger partial charge in [-0.3, -0.25) is 9.69 Å². The van der Waals surface area contributed by atoms with Crippen LogP contribution in [0.25, 0.3) is 11.4 Å². The summed E-state index contributed by atoms with van der Waals surface area (Å²) in [5.41, 5.74) is 2.15. The number of carbonyl (C=O) groups excluding carboxylic acids is 1. The number of amides is 1. The van der Waals surface area contributed by atoms with Gasteiger partial charge in [-0.15, -0.1) is 0 Å². The molecule has 6 nitrogen and oxygen atoms in total. The zero-order valence-electron chi connectivity index (χ0n) is 15.4. The molecule has 1 aromatic carbocycles. The van der Waals surface area contributed by atoms with Gasteiger partial charge in [0.1, 0.15) is 0 Å². The molecule has 0 aliphatic carbocycles. The van der Waals surface area contributed by atoms with Crippen molar-refractivity contribution in [1.82, 2.24) is 19.9 Å². The van der Waals surface area contributed by atoms with Crippen LogP contribution >= 0.6 is 0 Å². The number of hydrogen-bond donors (Lipinski definition) is 0. The van der Waals surface area contributed by atoms with Crippen molar-refractivity contribution in [3.8, 4) is 11.4 Å². The van der Waals surface area contributed by atoms with E-state index >= 15 is 0 Å². The van der Waals surface area contributed by atoms with E-state index < -0.39 is 0 Å². The molecule has 2 aromatic rings. The van der Waals surface area contributed by atoms with E-state index in [9.17, 15) is 4.79 Å². The highest BCUT2D eigenvalue weighted by atomic mass is 16.5. The molecule has 4 rings (SSSR count). The highest BCUT2D eigenvalue weighted by Crippen LogP contribution is 2.24. The number of aryl methyl sites for hydroxylation is 1. The minimum atomic E-state index is 0.189. The van der Waals surface area contributed by atoms with Crippen molar-refractivity contribution < 1.29 is 9.32 Å². The molecule has 2 fully saturated rings. The number of rotatable bonds is 4. The van der Waals surface area contributed by atoms with Gasteiger partial charge in [0.05, 0.1) is 6.54 Å². The third kappa shape index (κ3) is 3.65. The van der Waals surface area contributed by atoms with E-state index in [2.05, 4.69) is 15.0 Å². The topological polar surface area (TPSA) is 62.5 Å². The van der Waals surface area contributed by atoms with Crippen LogP contribution in [0.3, 0.4) is 0 Å². The number of aromatic nitrogens is 2. The second-order valence-corrected chi connectivity index (χ2v) is 7.41. The summed E-state index contributed by atoms with van der Waals surface area (Å²) in [5, 5.41) is 4.13. The maximum absolute atomic E-state index is 12.5. The Bertz CT molecular complexity index is 759. The van der Waals surface area contributed by atoms with E-state index in [0.29, 0.717) is 24.2 Å². The summed E-state index contributed by atoms with van der Waals surface area (Å²) in [6, 6.07) is 8.06. The fraction of sp³-hybridized carbons (Fsp3) is 0.550. The molecule has 2 saturated heterocycles. The predicted molar refractivity (Wildman–Crippen MR) is 98.3 cm³/mol. The van der Waals surface area contributed by atoms with Gasteiger partial charge in [-0.05, 0) is 51.3 Å². The van der Waals surface area contributed by atoms with E-state index in [1.807, 2.05) is 36.1 Å². The Balaban J connectivity index is 1.32. The van der Waals surface area contributed by atoms with E-state index in [1.165, 1.54) is 0 Å². The van der Waals surface area contributed by atoms with E-state index in [-0.39, 0.29) is 5.92 Å². The molecule has 1 aromatic heterocycles. The van der Waals surface area contributed by atoms with Gasteiger partial charge in [-0.1, -0.05) is 29.4 Å². The van der Waals surface area contributed by atoms with Crippen LogP contribution in [0.4, 0.5) is 0 Å². The van der Waals surface area contributed by atoms with Crippen molar-refractivity contribution in [3.05, 3.63) is 35.7 Å². The standard InChI is InChI=1S/C20H26N4O2/c1-15-6-2-3-7-17(15)19-21-18(26-22-19)14-23-12-8-16(9-13-23)20(25)24-10-4-5-11-24/h2-3,6-7,16H,4-5,8-14H2,1H3. The lowest BCUT2D eigenvalue weighted by atomic mass is 9.95. The molecule has 2 aliphatic rings. The molecule has 138 valence electrons. The Labute approximate surface area is 154 Å². The van der Waals surface area contributed by atoms with Crippen LogP contribution in [0.1, 0.15) is 37.1 Å². The first kappa shape index (κ1) is 17.2. The quantitative estimate of drug-likeness (QED) is 0.845. The second-order valence-electron chi connectivity index (χ2n) is 7.41. The molecule has 26 heavy (non-hydrogen) atoms. The Kier molecular flexibility index (Phi) is 5.02. The first-order chi connectivity index (χ1) is 12.7. The highest BCUT2D eigenvalue weighted by molar-refractivity contribution is 5.79. The lowest BCUT2D eigenvalue weighted by molar-refractivity contribution is -0.136. The molecule has 6 heteroatoms. The van der Waals surface area contributed by atoms with Gasteiger partial charge in [-0.25, -0.2) is 0 Å². The minimum absolute atomic E-state index is 0.189. The fourth-order valence-electron chi connectivity index (χ4n) is 3.98.